The molecule has 0 aliphatic carbocycles. The van der Waals surface area contributed by atoms with Gasteiger partial charge in [-0.15, -0.1) is 0 Å². The molecule has 0 radical (unpaired) electrons. The first kappa shape index (κ1) is 23.1. The highest BCUT2D eigenvalue weighted by Gasteiger charge is 2.18. The van der Waals surface area contributed by atoms with Crippen molar-refractivity contribution in [2.24, 2.45) is 0 Å². The number of para-hydroxylation sites is 1. The Hall–Kier alpha value is -1.95. The highest BCUT2D eigenvalue weighted by molar-refractivity contribution is 5.93. The van der Waals surface area contributed by atoms with Crippen molar-refractivity contribution < 1.29 is 41.4 Å². The Morgan fingerprint density at radius 1 is 1.16 bits per heavy atom. The van der Waals surface area contributed by atoms with Gasteiger partial charge in [0, 0.05) is 6.42 Å². The summed E-state index contributed by atoms with van der Waals surface area (Å²) >= 11 is 0. The van der Waals surface area contributed by atoms with Gasteiger partial charge in [-0.1, -0.05) is 26.3 Å². The summed E-state index contributed by atoms with van der Waals surface area (Å²) in [6.45, 7) is 5.10. The Kier molecular flexibility index (Phi) is 13.3. The van der Waals surface area contributed by atoms with Gasteiger partial charge in [0.05, 0.1) is 13.7 Å². The van der Waals surface area contributed by atoms with Gasteiger partial charge in [0.2, 0.25) is 0 Å². The van der Waals surface area contributed by atoms with Crippen molar-refractivity contribution in [2.75, 3.05) is 26.9 Å². The van der Waals surface area contributed by atoms with E-state index in [-0.39, 0.29) is 25.6 Å². The van der Waals surface area contributed by atoms with Crippen molar-refractivity contribution in [3.8, 4) is 11.5 Å². The zero-order chi connectivity index (χ0) is 17.6. The van der Waals surface area contributed by atoms with E-state index in [9.17, 15) is 4.79 Å². The molecular formula is C18H28ClNO5. The number of halogens is 1. The Morgan fingerprint density at radius 2 is 1.96 bits per heavy atom. The molecule has 0 spiro atoms. The quantitative estimate of drug-likeness (QED) is 0.218. The smallest absolute Gasteiger partial charge is 0.342 e. The lowest BCUT2D eigenvalue weighted by Gasteiger charge is -2.14. The van der Waals surface area contributed by atoms with Crippen molar-refractivity contribution in [2.45, 2.75) is 39.5 Å². The third kappa shape index (κ3) is 8.63. The molecule has 0 fully saturated rings. The van der Waals surface area contributed by atoms with E-state index in [0.717, 1.165) is 25.7 Å². The van der Waals surface area contributed by atoms with E-state index >= 15 is 0 Å². The van der Waals surface area contributed by atoms with Crippen LogP contribution in [0.4, 0.5) is 0 Å². The van der Waals surface area contributed by atoms with Crippen LogP contribution in [0.3, 0.4) is 0 Å². The van der Waals surface area contributed by atoms with Crippen LogP contribution in [0.1, 0.15) is 49.9 Å². The molecule has 142 valence electrons. The third-order valence-electron chi connectivity index (χ3n) is 3.18. The van der Waals surface area contributed by atoms with Crippen LogP contribution in [0.2, 0.25) is 0 Å². The molecule has 0 bridgehead atoms. The fourth-order valence-corrected chi connectivity index (χ4v) is 1.88. The maximum atomic E-state index is 12.3. The first-order valence-electron chi connectivity index (χ1n) is 8.40. The van der Waals surface area contributed by atoms with Gasteiger partial charge in [-0.2, -0.15) is 0 Å². The highest BCUT2D eigenvalue weighted by Crippen LogP contribution is 2.31. The maximum absolute atomic E-state index is 12.3. The predicted octanol–water partition coefficient (Wildman–Crippen LogP) is -1.08. The predicted molar refractivity (Wildman–Crippen MR) is 91.6 cm³/mol. The molecule has 0 atom stereocenters. The van der Waals surface area contributed by atoms with Crippen molar-refractivity contribution in [1.82, 2.24) is 0 Å². The number of nitrogens with one attached hydrogen (secondary N) is 1. The van der Waals surface area contributed by atoms with Crippen molar-refractivity contribution >= 4 is 12.2 Å². The monoisotopic (exact) mass is 373 g/mol. The number of carbonyl (C=O) groups is 1. The zero-order valence-corrected chi connectivity index (χ0v) is 15.9. The molecule has 0 aromatic heterocycles. The minimum absolute atomic E-state index is 0. The normalized spacial score (nSPS) is 10.2. The van der Waals surface area contributed by atoms with E-state index in [4.69, 9.17) is 19.0 Å². The van der Waals surface area contributed by atoms with Crippen LogP contribution in [0.5, 0.6) is 11.5 Å². The molecular weight excluding hydrogens is 346 g/mol. The fourth-order valence-electron chi connectivity index (χ4n) is 1.88. The minimum Gasteiger partial charge on any atom is -1.00 e. The van der Waals surface area contributed by atoms with Gasteiger partial charge < -0.3 is 26.6 Å². The summed E-state index contributed by atoms with van der Waals surface area (Å²) in [5.41, 5.74) is 0.357. The number of ether oxygens (including phenoxy) is 3. The number of esters is 1. The zero-order valence-electron chi connectivity index (χ0n) is 15.2. The second-order valence-electron chi connectivity index (χ2n) is 5.13. The maximum Gasteiger partial charge on any atom is 0.342 e. The molecule has 6 nitrogen and oxygen atoms in total. The molecule has 0 saturated heterocycles. The molecule has 1 rings (SSSR count). The molecule has 1 aromatic carbocycles. The van der Waals surface area contributed by atoms with Crippen LogP contribution in [0.15, 0.2) is 18.2 Å². The summed E-state index contributed by atoms with van der Waals surface area (Å²) in [6, 6.07) is 5.16. The lowest BCUT2D eigenvalue weighted by molar-refractivity contribution is -0.750. The Balaban J connectivity index is 0.00000576. The van der Waals surface area contributed by atoms with Gasteiger partial charge in [-0.25, -0.2) is 4.79 Å². The van der Waals surface area contributed by atoms with Gasteiger partial charge in [0.25, 0.3) is 0 Å². The van der Waals surface area contributed by atoms with Crippen LogP contribution in [-0.2, 0) is 9.57 Å². The van der Waals surface area contributed by atoms with E-state index in [1.54, 1.807) is 25.3 Å². The SMILES string of the molecule is CCC/C=[NH+]/OCCOC(=O)c1cccc(OC)c1OCCCC.[Cl-]. The van der Waals surface area contributed by atoms with E-state index < -0.39 is 5.97 Å². The summed E-state index contributed by atoms with van der Waals surface area (Å²) in [6.07, 6.45) is 5.70. The molecule has 7 heteroatoms. The topological polar surface area (TPSA) is 68.0 Å². The summed E-state index contributed by atoms with van der Waals surface area (Å²) in [5, 5.41) is 2.70. The Labute approximate surface area is 155 Å². The van der Waals surface area contributed by atoms with Crippen LogP contribution in [0, 0.1) is 0 Å². The Morgan fingerprint density at radius 3 is 2.64 bits per heavy atom. The van der Waals surface area contributed by atoms with Crippen molar-refractivity contribution in [3.63, 3.8) is 0 Å². The van der Waals surface area contributed by atoms with Gasteiger partial charge in [0.1, 0.15) is 12.2 Å². The number of rotatable bonds is 12. The standard InChI is InChI=1S/C18H27NO5.ClH/c1-4-6-11-19-24-14-13-23-18(20)15-9-8-10-16(21-3)17(15)22-12-7-5-2;/h8-11H,4-7,12-14H2,1-3H3;1H/b19-11+;. The summed E-state index contributed by atoms with van der Waals surface area (Å²) in [4.78, 5) is 17.4. The molecule has 0 aliphatic heterocycles. The van der Waals surface area contributed by atoms with E-state index in [1.165, 1.54) is 0 Å². The van der Waals surface area contributed by atoms with Gasteiger partial charge in [0.15, 0.2) is 24.3 Å². The fraction of sp³-hybridized carbons (Fsp3) is 0.556. The van der Waals surface area contributed by atoms with Crippen molar-refractivity contribution in [1.29, 1.82) is 0 Å². The molecule has 0 heterocycles. The third-order valence-corrected chi connectivity index (χ3v) is 3.18. The van der Waals surface area contributed by atoms with Crippen molar-refractivity contribution in [3.05, 3.63) is 23.8 Å². The summed E-state index contributed by atoms with van der Waals surface area (Å²) < 4.78 is 16.2. The van der Waals surface area contributed by atoms with Crippen LogP contribution in [-0.4, -0.2) is 39.1 Å². The van der Waals surface area contributed by atoms with E-state index in [0.29, 0.717) is 23.7 Å². The molecule has 0 unspecified atom stereocenters. The summed E-state index contributed by atoms with van der Waals surface area (Å²) in [5.74, 6) is 0.489. The average Bonchev–Trinajstić information content (AvgIpc) is 2.61. The lowest BCUT2D eigenvalue weighted by atomic mass is 10.2. The number of unbranched alkanes of at least 4 members (excludes halogenated alkanes) is 2. The molecule has 0 saturated carbocycles. The first-order valence-corrected chi connectivity index (χ1v) is 8.40. The molecule has 0 aliphatic rings. The van der Waals surface area contributed by atoms with Gasteiger partial charge in [-0.05, 0) is 30.1 Å². The van der Waals surface area contributed by atoms with Crippen LogP contribution < -0.4 is 27.0 Å². The van der Waals surface area contributed by atoms with Crippen LogP contribution in [0.25, 0.3) is 0 Å². The highest BCUT2D eigenvalue weighted by atomic mass is 35.5. The van der Waals surface area contributed by atoms with Crippen LogP contribution >= 0.6 is 0 Å². The molecule has 1 N–H and O–H groups in total. The lowest BCUT2D eigenvalue weighted by Crippen LogP contribution is -3.00. The van der Waals surface area contributed by atoms with E-state index in [1.807, 2.05) is 6.21 Å². The molecule has 25 heavy (non-hydrogen) atoms. The molecule has 1 aromatic rings. The van der Waals surface area contributed by atoms with Gasteiger partial charge in [-0.3, -0.25) is 4.84 Å². The largest absolute Gasteiger partial charge is 1.00 e. The number of methoxy groups -OCH3 is 1. The number of benzene rings is 1. The average molecular weight is 374 g/mol. The number of hydrogen-bond donors (Lipinski definition) is 1. The Bertz CT molecular complexity index is 522. The number of hydrogen-bond acceptors (Lipinski definition) is 5. The minimum atomic E-state index is -0.457. The van der Waals surface area contributed by atoms with Gasteiger partial charge >= 0.3 is 5.97 Å². The second kappa shape index (κ2) is 14.4. The first-order chi connectivity index (χ1) is 11.7. The van der Waals surface area contributed by atoms with E-state index in [2.05, 4.69) is 19.0 Å². The number of carbonyl (C=O) groups excluding carboxylic acids is 1. The molecule has 0 amide bonds. The summed E-state index contributed by atoms with van der Waals surface area (Å²) in [7, 11) is 1.55. The second-order valence-corrected chi connectivity index (χ2v) is 5.13.